The molecule has 1 N–H and O–H groups in total. The predicted molar refractivity (Wildman–Crippen MR) is 102 cm³/mol. The van der Waals surface area contributed by atoms with Gasteiger partial charge in [-0.25, -0.2) is 9.50 Å². The van der Waals surface area contributed by atoms with Crippen molar-refractivity contribution in [2.75, 3.05) is 0 Å². The molecule has 0 bridgehead atoms. The SMILES string of the molecule is Cc1nn2c(C3CC3)c(C(=O)NC3CCc4ccccc43)cnc2c1Br. The second-order valence-corrected chi connectivity index (χ2v) is 8.02. The Bertz CT molecular complexity index is 1040. The van der Waals surface area contributed by atoms with Crippen molar-refractivity contribution in [2.45, 2.75) is 44.6 Å². The fourth-order valence-electron chi connectivity index (χ4n) is 3.95. The molecule has 5 nitrogen and oxygen atoms in total. The van der Waals surface area contributed by atoms with E-state index in [9.17, 15) is 4.79 Å². The molecular formula is C20H19BrN4O. The van der Waals surface area contributed by atoms with Gasteiger partial charge in [0.25, 0.3) is 5.91 Å². The van der Waals surface area contributed by atoms with Crippen molar-refractivity contribution in [3.8, 4) is 0 Å². The summed E-state index contributed by atoms with van der Waals surface area (Å²) < 4.78 is 2.75. The topological polar surface area (TPSA) is 59.3 Å². The predicted octanol–water partition coefficient (Wildman–Crippen LogP) is 4.09. The van der Waals surface area contributed by atoms with E-state index in [4.69, 9.17) is 0 Å². The third-order valence-corrected chi connectivity index (χ3v) is 6.36. The molecule has 0 radical (unpaired) electrons. The summed E-state index contributed by atoms with van der Waals surface area (Å²) in [6.45, 7) is 1.95. The largest absolute Gasteiger partial charge is 0.345 e. The number of amides is 1. The van der Waals surface area contributed by atoms with Crippen LogP contribution in [0.1, 0.15) is 64.1 Å². The van der Waals surface area contributed by atoms with E-state index in [1.165, 1.54) is 11.1 Å². The van der Waals surface area contributed by atoms with Crippen LogP contribution in [0.4, 0.5) is 0 Å². The fourth-order valence-corrected chi connectivity index (χ4v) is 4.30. The van der Waals surface area contributed by atoms with Gasteiger partial charge >= 0.3 is 0 Å². The van der Waals surface area contributed by atoms with Crippen molar-refractivity contribution in [3.63, 3.8) is 0 Å². The number of carbonyl (C=O) groups is 1. The van der Waals surface area contributed by atoms with Crippen molar-refractivity contribution in [1.82, 2.24) is 19.9 Å². The molecule has 1 atom stereocenters. The van der Waals surface area contributed by atoms with Crippen LogP contribution in [0.5, 0.6) is 0 Å². The molecule has 1 amide bonds. The number of aryl methyl sites for hydroxylation is 2. The van der Waals surface area contributed by atoms with E-state index >= 15 is 0 Å². The van der Waals surface area contributed by atoms with Crippen molar-refractivity contribution >= 4 is 27.5 Å². The highest BCUT2D eigenvalue weighted by Crippen LogP contribution is 2.42. The van der Waals surface area contributed by atoms with Gasteiger partial charge in [-0.1, -0.05) is 24.3 Å². The average Bonchev–Trinajstić information content (AvgIpc) is 3.35. The van der Waals surface area contributed by atoms with E-state index in [0.29, 0.717) is 11.5 Å². The number of rotatable bonds is 3. The van der Waals surface area contributed by atoms with E-state index in [-0.39, 0.29) is 11.9 Å². The number of benzene rings is 1. The van der Waals surface area contributed by atoms with Crippen molar-refractivity contribution in [1.29, 1.82) is 0 Å². The first-order valence-electron chi connectivity index (χ1n) is 9.06. The number of halogens is 1. The smallest absolute Gasteiger partial charge is 0.255 e. The lowest BCUT2D eigenvalue weighted by molar-refractivity contribution is 0.0934. The highest BCUT2D eigenvalue weighted by atomic mass is 79.9. The van der Waals surface area contributed by atoms with Gasteiger partial charge in [-0.05, 0) is 59.7 Å². The van der Waals surface area contributed by atoms with Crippen LogP contribution in [0.3, 0.4) is 0 Å². The number of aromatic nitrogens is 3. The zero-order valence-corrected chi connectivity index (χ0v) is 16.1. The van der Waals surface area contributed by atoms with Gasteiger partial charge in [-0.2, -0.15) is 5.10 Å². The second kappa shape index (κ2) is 5.91. The maximum absolute atomic E-state index is 13.1. The molecule has 2 aromatic heterocycles. The van der Waals surface area contributed by atoms with Gasteiger partial charge in [0.05, 0.1) is 27.5 Å². The summed E-state index contributed by atoms with van der Waals surface area (Å²) in [5, 5.41) is 7.84. The Morgan fingerprint density at radius 1 is 1.27 bits per heavy atom. The number of nitrogens with one attached hydrogen (secondary N) is 1. The van der Waals surface area contributed by atoms with Gasteiger partial charge < -0.3 is 5.32 Å². The van der Waals surface area contributed by atoms with E-state index in [2.05, 4.69) is 49.5 Å². The maximum atomic E-state index is 13.1. The number of fused-ring (bicyclic) bond motifs is 2. The van der Waals surface area contributed by atoms with Gasteiger partial charge in [-0.3, -0.25) is 4.79 Å². The summed E-state index contributed by atoms with van der Waals surface area (Å²) in [6.07, 6.45) is 5.88. The third-order valence-electron chi connectivity index (χ3n) is 5.43. The maximum Gasteiger partial charge on any atom is 0.255 e. The fraction of sp³-hybridized carbons (Fsp3) is 0.350. The highest BCUT2D eigenvalue weighted by Gasteiger charge is 2.33. The highest BCUT2D eigenvalue weighted by molar-refractivity contribution is 9.10. The van der Waals surface area contributed by atoms with Gasteiger partial charge in [-0.15, -0.1) is 0 Å². The van der Waals surface area contributed by atoms with Gasteiger partial charge in [0, 0.05) is 12.1 Å². The van der Waals surface area contributed by atoms with Crippen LogP contribution in [-0.2, 0) is 6.42 Å². The molecule has 2 aliphatic carbocycles. The molecule has 6 heteroatoms. The summed E-state index contributed by atoms with van der Waals surface area (Å²) in [5.41, 5.74) is 5.89. The normalized spacial score (nSPS) is 18.9. The summed E-state index contributed by atoms with van der Waals surface area (Å²) in [6, 6.07) is 8.44. The molecule has 132 valence electrons. The van der Waals surface area contributed by atoms with Crippen LogP contribution in [0.2, 0.25) is 0 Å². The lowest BCUT2D eigenvalue weighted by atomic mass is 10.1. The Morgan fingerprint density at radius 3 is 2.88 bits per heavy atom. The molecule has 26 heavy (non-hydrogen) atoms. The molecule has 0 saturated heterocycles. The number of nitrogens with zero attached hydrogens (tertiary/aromatic N) is 3. The molecule has 3 aromatic rings. The third kappa shape index (κ3) is 2.47. The molecule has 1 unspecified atom stereocenters. The van der Waals surface area contributed by atoms with Crippen molar-refractivity contribution in [2.24, 2.45) is 0 Å². The summed E-state index contributed by atoms with van der Waals surface area (Å²) in [7, 11) is 0. The first-order valence-corrected chi connectivity index (χ1v) is 9.85. The quantitative estimate of drug-likeness (QED) is 0.706. The molecule has 1 fully saturated rings. The zero-order valence-electron chi connectivity index (χ0n) is 14.5. The molecule has 5 rings (SSSR count). The van der Waals surface area contributed by atoms with E-state index in [1.54, 1.807) is 6.20 Å². The minimum absolute atomic E-state index is 0.0488. The van der Waals surface area contributed by atoms with Crippen LogP contribution >= 0.6 is 15.9 Å². The number of hydrogen-bond acceptors (Lipinski definition) is 3. The Hall–Kier alpha value is -2.21. The Labute approximate surface area is 160 Å². The Balaban J connectivity index is 1.53. The number of hydrogen-bond donors (Lipinski definition) is 1. The molecule has 1 saturated carbocycles. The first-order chi connectivity index (χ1) is 12.6. The van der Waals surface area contributed by atoms with Crippen LogP contribution in [-0.4, -0.2) is 20.5 Å². The summed E-state index contributed by atoms with van der Waals surface area (Å²) >= 11 is 3.56. The number of carbonyl (C=O) groups excluding carboxylic acids is 1. The molecule has 1 aromatic carbocycles. The molecule has 2 heterocycles. The van der Waals surface area contributed by atoms with Gasteiger partial charge in [0.2, 0.25) is 0 Å². The minimum Gasteiger partial charge on any atom is -0.345 e. The van der Waals surface area contributed by atoms with Crippen molar-refractivity contribution in [3.05, 3.63) is 63.0 Å². The van der Waals surface area contributed by atoms with Crippen LogP contribution in [0, 0.1) is 6.92 Å². The second-order valence-electron chi connectivity index (χ2n) is 7.23. The van der Waals surface area contributed by atoms with Crippen LogP contribution in [0.25, 0.3) is 5.65 Å². The lowest BCUT2D eigenvalue weighted by Gasteiger charge is -2.16. The van der Waals surface area contributed by atoms with E-state index in [0.717, 1.165) is 47.2 Å². The summed E-state index contributed by atoms with van der Waals surface area (Å²) in [4.78, 5) is 17.6. The lowest BCUT2D eigenvalue weighted by Crippen LogP contribution is -2.29. The monoisotopic (exact) mass is 410 g/mol. The summed E-state index contributed by atoms with van der Waals surface area (Å²) in [5.74, 6) is 0.343. The standard InChI is InChI=1S/C20H19BrN4O/c1-11-17(21)19-22-10-15(18(13-6-7-13)25(19)24-11)20(26)23-16-9-8-12-4-2-3-5-14(12)16/h2-5,10,13,16H,6-9H2,1H3,(H,23,26). The molecule has 0 spiro atoms. The van der Waals surface area contributed by atoms with E-state index in [1.807, 2.05) is 17.5 Å². The van der Waals surface area contributed by atoms with Crippen LogP contribution < -0.4 is 5.32 Å². The molecule has 2 aliphatic rings. The zero-order chi connectivity index (χ0) is 17.8. The van der Waals surface area contributed by atoms with E-state index < -0.39 is 0 Å². The van der Waals surface area contributed by atoms with Crippen molar-refractivity contribution < 1.29 is 4.79 Å². The van der Waals surface area contributed by atoms with Gasteiger partial charge in [0.15, 0.2) is 5.65 Å². The van der Waals surface area contributed by atoms with Gasteiger partial charge in [0.1, 0.15) is 0 Å². The minimum atomic E-state index is -0.0488. The average molecular weight is 411 g/mol. The Kier molecular flexibility index (Phi) is 3.64. The first kappa shape index (κ1) is 16.0. The Morgan fingerprint density at radius 2 is 2.08 bits per heavy atom. The molecule has 0 aliphatic heterocycles. The molecular weight excluding hydrogens is 392 g/mol. The van der Waals surface area contributed by atoms with Crippen LogP contribution in [0.15, 0.2) is 34.9 Å².